The summed E-state index contributed by atoms with van der Waals surface area (Å²) in [6, 6.07) is 12.2. The minimum atomic E-state index is 0.0350. The number of methoxy groups -OCH3 is 2. The molecule has 28 heavy (non-hydrogen) atoms. The first-order chi connectivity index (χ1) is 13.6. The van der Waals surface area contributed by atoms with Crippen molar-refractivity contribution in [1.82, 2.24) is 9.47 Å². The Bertz CT molecular complexity index is 978. The second-order valence-corrected chi connectivity index (χ2v) is 7.95. The van der Waals surface area contributed by atoms with Gasteiger partial charge in [-0.25, -0.2) is 0 Å². The lowest BCUT2D eigenvalue weighted by atomic mass is 9.90. The van der Waals surface area contributed by atoms with Crippen molar-refractivity contribution in [2.24, 2.45) is 7.05 Å². The number of aromatic nitrogens is 1. The highest BCUT2D eigenvalue weighted by molar-refractivity contribution is 7.10. The van der Waals surface area contributed by atoms with Gasteiger partial charge < -0.3 is 14.0 Å². The van der Waals surface area contributed by atoms with Gasteiger partial charge in [0.15, 0.2) is 17.3 Å². The third kappa shape index (κ3) is 3.34. The summed E-state index contributed by atoms with van der Waals surface area (Å²) < 4.78 is 12.9. The number of nitrogens with zero attached hydrogens (tertiary/aromatic N) is 2. The topological polar surface area (TPSA) is 43.7 Å². The molecule has 0 saturated carbocycles. The number of rotatable bonds is 6. The SMILES string of the molecule is COc1cc2c(cc1OC)C(c1cccs1)N(CC(=O)c1cccn1C)CC2. The number of Topliss-reactive ketones (excluding diaryl/α,β-unsaturated/α-hetero) is 1. The van der Waals surface area contributed by atoms with Crippen LogP contribution in [0.1, 0.15) is 32.5 Å². The normalized spacial score (nSPS) is 16.6. The molecule has 1 atom stereocenters. The second kappa shape index (κ2) is 7.81. The highest BCUT2D eigenvalue weighted by Gasteiger charge is 2.32. The zero-order valence-corrected chi connectivity index (χ0v) is 17.2. The molecule has 3 heterocycles. The number of hydrogen-bond donors (Lipinski definition) is 0. The zero-order valence-electron chi connectivity index (χ0n) is 16.3. The number of fused-ring (bicyclic) bond motifs is 1. The minimum Gasteiger partial charge on any atom is -0.493 e. The van der Waals surface area contributed by atoms with Crippen LogP contribution in [0.3, 0.4) is 0 Å². The quantitative estimate of drug-likeness (QED) is 0.592. The van der Waals surface area contributed by atoms with Crippen LogP contribution < -0.4 is 9.47 Å². The van der Waals surface area contributed by atoms with E-state index in [4.69, 9.17) is 9.47 Å². The Hall–Kier alpha value is -2.57. The van der Waals surface area contributed by atoms with Crippen LogP contribution in [-0.4, -0.2) is 42.6 Å². The monoisotopic (exact) mass is 396 g/mol. The molecule has 0 amide bonds. The van der Waals surface area contributed by atoms with Gasteiger partial charge in [-0.2, -0.15) is 0 Å². The first-order valence-corrected chi connectivity index (χ1v) is 10.2. The number of thiophene rings is 1. The summed E-state index contributed by atoms with van der Waals surface area (Å²) in [6.45, 7) is 1.20. The maximum absolute atomic E-state index is 12.9. The smallest absolute Gasteiger partial charge is 0.193 e. The van der Waals surface area contributed by atoms with Crippen LogP contribution in [-0.2, 0) is 13.5 Å². The van der Waals surface area contributed by atoms with Gasteiger partial charge in [0, 0.05) is 24.7 Å². The average Bonchev–Trinajstić information content (AvgIpc) is 3.38. The van der Waals surface area contributed by atoms with E-state index >= 15 is 0 Å². The van der Waals surface area contributed by atoms with E-state index < -0.39 is 0 Å². The lowest BCUT2D eigenvalue weighted by molar-refractivity contribution is 0.0894. The second-order valence-electron chi connectivity index (χ2n) is 6.97. The van der Waals surface area contributed by atoms with Crippen molar-refractivity contribution in [2.45, 2.75) is 12.5 Å². The van der Waals surface area contributed by atoms with Crippen LogP contribution in [0.2, 0.25) is 0 Å². The molecule has 2 aromatic heterocycles. The molecule has 1 aromatic carbocycles. The zero-order chi connectivity index (χ0) is 19.7. The lowest BCUT2D eigenvalue weighted by Gasteiger charge is -2.37. The van der Waals surface area contributed by atoms with E-state index in [1.807, 2.05) is 29.9 Å². The van der Waals surface area contributed by atoms with Crippen LogP contribution >= 0.6 is 11.3 Å². The number of carbonyl (C=O) groups excluding carboxylic acids is 1. The van der Waals surface area contributed by atoms with Crippen LogP contribution in [0, 0.1) is 0 Å². The first kappa shape index (κ1) is 18.8. The Kier molecular flexibility index (Phi) is 5.24. The summed E-state index contributed by atoms with van der Waals surface area (Å²) in [6.07, 6.45) is 2.78. The highest BCUT2D eigenvalue weighted by atomic mass is 32.1. The molecule has 5 nitrogen and oxygen atoms in total. The number of ether oxygens (including phenoxy) is 2. The molecule has 1 aliphatic heterocycles. The van der Waals surface area contributed by atoms with Crippen molar-refractivity contribution in [1.29, 1.82) is 0 Å². The Morgan fingerprint density at radius 1 is 1.18 bits per heavy atom. The Labute approximate surface area is 169 Å². The maximum Gasteiger partial charge on any atom is 0.193 e. The standard InChI is InChI=1S/C22H24N2O3S/c1-23-9-4-6-17(23)18(25)14-24-10-8-15-12-19(26-2)20(27-3)13-16(15)22(24)21-7-5-11-28-21/h4-7,9,11-13,22H,8,10,14H2,1-3H3. The molecule has 0 aliphatic carbocycles. The van der Waals surface area contributed by atoms with E-state index in [1.165, 1.54) is 16.0 Å². The van der Waals surface area contributed by atoms with Gasteiger partial charge in [0.25, 0.3) is 0 Å². The predicted molar refractivity (Wildman–Crippen MR) is 111 cm³/mol. The van der Waals surface area contributed by atoms with Crippen LogP contribution in [0.4, 0.5) is 0 Å². The van der Waals surface area contributed by atoms with E-state index in [9.17, 15) is 4.79 Å². The van der Waals surface area contributed by atoms with Gasteiger partial charge in [-0.1, -0.05) is 6.07 Å². The summed E-state index contributed by atoms with van der Waals surface area (Å²) >= 11 is 1.72. The number of aryl methyl sites for hydroxylation is 1. The maximum atomic E-state index is 12.9. The molecule has 0 spiro atoms. The van der Waals surface area contributed by atoms with Crippen LogP contribution in [0.15, 0.2) is 48.0 Å². The summed E-state index contributed by atoms with van der Waals surface area (Å²) in [5.74, 6) is 1.61. The Morgan fingerprint density at radius 2 is 1.96 bits per heavy atom. The van der Waals surface area contributed by atoms with Crippen molar-refractivity contribution in [2.75, 3.05) is 27.3 Å². The van der Waals surface area contributed by atoms with E-state index in [0.29, 0.717) is 6.54 Å². The Balaban J connectivity index is 1.73. The van der Waals surface area contributed by atoms with Gasteiger partial charge in [-0.15, -0.1) is 11.3 Å². The van der Waals surface area contributed by atoms with E-state index in [2.05, 4.69) is 34.5 Å². The third-order valence-corrected chi connectivity index (χ3v) is 6.29. The largest absolute Gasteiger partial charge is 0.493 e. The third-order valence-electron chi connectivity index (χ3n) is 5.36. The van der Waals surface area contributed by atoms with Gasteiger partial charge >= 0.3 is 0 Å². The van der Waals surface area contributed by atoms with E-state index in [1.54, 1.807) is 25.6 Å². The van der Waals surface area contributed by atoms with E-state index in [0.717, 1.165) is 30.2 Å². The van der Waals surface area contributed by atoms with Gasteiger partial charge in [0.1, 0.15) is 0 Å². The molecule has 1 unspecified atom stereocenters. The number of ketones is 1. The predicted octanol–water partition coefficient (Wildman–Crippen LogP) is 3.93. The van der Waals surface area contributed by atoms with Gasteiger partial charge in [-0.3, -0.25) is 9.69 Å². The molecular weight excluding hydrogens is 372 g/mol. The molecule has 0 N–H and O–H groups in total. The minimum absolute atomic E-state index is 0.0350. The summed E-state index contributed by atoms with van der Waals surface area (Å²) in [4.78, 5) is 16.4. The van der Waals surface area contributed by atoms with E-state index in [-0.39, 0.29) is 11.8 Å². The molecule has 0 saturated heterocycles. The van der Waals surface area contributed by atoms with Crippen molar-refractivity contribution in [3.05, 3.63) is 69.7 Å². The molecule has 1 aliphatic rings. The van der Waals surface area contributed by atoms with Crippen molar-refractivity contribution < 1.29 is 14.3 Å². The molecule has 4 rings (SSSR count). The summed E-state index contributed by atoms with van der Waals surface area (Å²) in [5.41, 5.74) is 3.17. The fourth-order valence-electron chi connectivity index (χ4n) is 3.96. The van der Waals surface area contributed by atoms with Crippen LogP contribution in [0.25, 0.3) is 0 Å². The van der Waals surface area contributed by atoms with Crippen molar-refractivity contribution in [3.8, 4) is 11.5 Å². The lowest BCUT2D eigenvalue weighted by Crippen LogP contribution is -2.39. The molecule has 146 valence electrons. The first-order valence-electron chi connectivity index (χ1n) is 9.29. The molecule has 6 heteroatoms. The van der Waals surface area contributed by atoms with Gasteiger partial charge in [0.2, 0.25) is 0 Å². The van der Waals surface area contributed by atoms with Gasteiger partial charge in [-0.05, 0) is 53.3 Å². The van der Waals surface area contributed by atoms with Crippen molar-refractivity contribution in [3.63, 3.8) is 0 Å². The Morgan fingerprint density at radius 3 is 2.61 bits per heavy atom. The fourth-order valence-corrected chi connectivity index (χ4v) is 4.84. The highest BCUT2D eigenvalue weighted by Crippen LogP contribution is 2.42. The molecule has 3 aromatic rings. The molecule has 0 fully saturated rings. The summed E-state index contributed by atoms with van der Waals surface area (Å²) in [7, 11) is 5.23. The molecule has 0 radical (unpaired) electrons. The number of hydrogen-bond acceptors (Lipinski definition) is 5. The summed E-state index contributed by atoms with van der Waals surface area (Å²) in [5, 5.41) is 2.08. The van der Waals surface area contributed by atoms with Gasteiger partial charge in [0.05, 0.1) is 32.5 Å². The molecule has 0 bridgehead atoms. The fraction of sp³-hybridized carbons (Fsp3) is 0.318. The van der Waals surface area contributed by atoms with Crippen molar-refractivity contribution >= 4 is 17.1 Å². The molecular formula is C22H24N2O3S. The average molecular weight is 397 g/mol. The number of benzene rings is 1. The van der Waals surface area contributed by atoms with Crippen LogP contribution in [0.5, 0.6) is 11.5 Å². The number of carbonyl (C=O) groups is 1.